The van der Waals surface area contributed by atoms with Crippen LogP contribution in [-0.4, -0.2) is 33.8 Å². The Hall–Kier alpha value is -2.27. The molecule has 0 radical (unpaired) electrons. The fourth-order valence-corrected chi connectivity index (χ4v) is 3.15. The molecule has 2 aromatic rings. The number of allylic oxidation sites excluding steroid dienone is 1. The third-order valence-electron chi connectivity index (χ3n) is 4.79. The Morgan fingerprint density at radius 2 is 1.89 bits per heavy atom. The van der Waals surface area contributed by atoms with E-state index >= 15 is 0 Å². The van der Waals surface area contributed by atoms with Crippen LogP contribution in [0.4, 0.5) is 0 Å². The maximum absolute atomic E-state index is 9.57. The number of nitrogens with zero attached hydrogens (tertiary/aromatic N) is 3. The van der Waals surface area contributed by atoms with Crippen LogP contribution in [-0.2, 0) is 6.42 Å². The highest BCUT2D eigenvalue weighted by Crippen LogP contribution is 2.33. The fourth-order valence-electron chi connectivity index (χ4n) is 3.15. The van der Waals surface area contributed by atoms with Gasteiger partial charge in [-0.2, -0.15) is 0 Å². The summed E-state index contributed by atoms with van der Waals surface area (Å²) in [4.78, 5) is 14.4. The molecule has 146 valence electrons. The van der Waals surface area contributed by atoms with Crippen LogP contribution in [0.1, 0.15) is 63.3 Å². The molecule has 0 amide bonds. The van der Waals surface area contributed by atoms with Gasteiger partial charge in [-0.05, 0) is 43.9 Å². The average Bonchev–Trinajstić information content (AvgIpc) is 2.68. The number of hydrogen-bond donors (Lipinski definition) is 1. The van der Waals surface area contributed by atoms with Gasteiger partial charge in [-0.15, -0.1) is 0 Å². The molecule has 2 aromatic heterocycles. The van der Waals surface area contributed by atoms with Crippen LogP contribution in [0, 0.1) is 12.8 Å². The van der Waals surface area contributed by atoms with Crippen LogP contribution in [0.15, 0.2) is 18.2 Å². The van der Waals surface area contributed by atoms with Gasteiger partial charge < -0.3 is 9.84 Å². The molecule has 0 aliphatic carbocycles. The average molecular weight is 370 g/mol. The quantitative estimate of drug-likeness (QED) is 0.774. The Labute approximate surface area is 162 Å². The second-order valence-electron chi connectivity index (χ2n) is 7.08. The minimum absolute atomic E-state index is 0.0140. The normalized spacial score (nSPS) is 13.1. The lowest BCUT2D eigenvalue weighted by Gasteiger charge is -2.18. The summed E-state index contributed by atoms with van der Waals surface area (Å²) < 4.78 is 5.56. The van der Waals surface area contributed by atoms with Gasteiger partial charge >= 0.3 is 0 Å². The van der Waals surface area contributed by atoms with E-state index in [2.05, 4.69) is 25.8 Å². The van der Waals surface area contributed by atoms with Crippen LogP contribution >= 0.6 is 0 Å². The zero-order valence-corrected chi connectivity index (χ0v) is 17.5. The first-order valence-corrected chi connectivity index (χ1v) is 9.58. The molecule has 5 nitrogen and oxygen atoms in total. The van der Waals surface area contributed by atoms with Crippen molar-refractivity contribution in [1.29, 1.82) is 0 Å². The van der Waals surface area contributed by atoms with Gasteiger partial charge in [0.05, 0.1) is 35.4 Å². The van der Waals surface area contributed by atoms with E-state index in [9.17, 15) is 5.11 Å². The van der Waals surface area contributed by atoms with E-state index in [1.807, 2.05) is 39.0 Å². The summed E-state index contributed by atoms with van der Waals surface area (Å²) in [6, 6.07) is 4.05. The van der Waals surface area contributed by atoms with E-state index in [0.29, 0.717) is 11.8 Å². The molecule has 5 heteroatoms. The minimum Gasteiger partial charge on any atom is -0.480 e. The van der Waals surface area contributed by atoms with Crippen molar-refractivity contribution in [3.05, 3.63) is 41.0 Å². The van der Waals surface area contributed by atoms with E-state index in [-0.39, 0.29) is 12.5 Å². The Morgan fingerprint density at radius 1 is 1.19 bits per heavy atom. The maximum Gasteiger partial charge on any atom is 0.222 e. The predicted octanol–water partition coefficient (Wildman–Crippen LogP) is 4.57. The van der Waals surface area contributed by atoms with Gasteiger partial charge in [0.1, 0.15) is 0 Å². The Balaban J connectivity index is 2.65. The molecule has 0 unspecified atom stereocenters. The number of aromatic nitrogens is 3. The van der Waals surface area contributed by atoms with Gasteiger partial charge in [0, 0.05) is 18.2 Å². The Morgan fingerprint density at radius 3 is 2.41 bits per heavy atom. The van der Waals surface area contributed by atoms with Gasteiger partial charge in [0.25, 0.3) is 0 Å². The molecule has 2 heterocycles. The number of rotatable bonds is 7. The highest BCUT2D eigenvalue weighted by Gasteiger charge is 2.20. The van der Waals surface area contributed by atoms with Crippen molar-refractivity contribution in [2.24, 2.45) is 5.92 Å². The summed E-state index contributed by atoms with van der Waals surface area (Å²) in [5.41, 5.74) is 6.27. The lowest BCUT2D eigenvalue weighted by atomic mass is 9.96. The van der Waals surface area contributed by atoms with Crippen LogP contribution in [0.3, 0.4) is 0 Å². The van der Waals surface area contributed by atoms with Gasteiger partial charge in [0.15, 0.2) is 0 Å². The molecule has 0 fully saturated rings. The van der Waals surface area contributed by atoms with Crippen molar-refractivity contribution in [3.63, 3.8) is 0 Å². The summed E-state index contributed by atoms with van der Waals surface area (Å²) in [5, 5.41) is 9.57. The largest absolute Gasteiger partial charge is 0.480 e. The van der Waals surface area contributed by atoms with Crippen molar-refractivity contribution >= 4 is 5.57 Å². The van der Waals surface area contributed by atoms with Crippen molar-refractivity contribution in [1.82, 2.24) is 15.0 Å². The first-order chi connectivity index (χ1) is 12.9. The second kappa shape index (κ2) is 9.09. The molecule has 1 N–H and O–H groups in total. The SMILES string of the molecule is C/C=C(\c1nc(CC)c(-c2ccc(C(C)C)nc2OC)nc1C)[C@@H](C)CO. The summed E-state index contributed by atoms with van der Waals surface area (Å²) in [6.45, 7) is 12.3. The van der Waals surface area contributed by atoms with Gasteiger partial charge in [0.2, 0.25) is 5.88 Å². The smallest absolute Gasteiger partial charge is 0.222 e. The number of aliphatic hydroxyl groups excluding tert-OH is 1. The van der Waals surface area contributed by atoms with E-state index in [0.717, 1.165) is 46.0 Å². The lowest BCUT2D eigenvalue weighted by molar-refractivity contribution is 0.266. The molecule has 1 atom stereocenters. The number of methoxy groups -OCH3 is 1. The summed E-state index contributed by atoms with van der Waals surface area (Å²) in [7, 11) is 1.64. The molecule has 0 saturated carbocycles. The number of ether oxygens (including phenoxy) is 1. The topological polar surface area (TPSA) is 68.1 Å². The fraction of sp³-hybridized carbons (Fsp3) is 0.500. The molecule has 0 saturated heterocycles. The van der Waals surface area contributed by atoms with Crippen molar-refractivity contribution in [3.8, 4) is 17.1 Å². The Kier molecular flexibility index (Phi) is 7.08. The molecule has 27 heavy (non-hydrogen) atoms. The highest BCUT2D eigenvalue weighted by molar-refractivity contribution is 5.71. The van der Waals surface area contributed by atoms with E-state index in [1.54, 1.807) is 7.11 Å². The second-order valence-corrected chi connectivity index (χ2v) is 7.08. The first kappa shape index (κ1) is 21.0. The van der Waals surface area contributed by atoms with E-state index in [1.165, 1.54) is 0 Å². The van der Waals surface area contributed by atoms with Crippen LogP contribution < -0.4 is 4.74 Å². The van der Waals surface area contributed by atoms with E-state index in [4.69, 9.17) is 14.7 Å². The summed E-state index contributed by atoms with van der Waals surface area (Å²) in [6.07, 6.45) is 2.76. The van der Waals surface area contributed by atoms with Gasteiger partial charge in [-0.25, -0.2) is 15.0 Å². The minimum atomic E-state index is 0.0140. The van der Waals surface area contributed by atoms with Crippen molar-refractivity contribution in [2.45, 2.75) is 53.9 Å². The van der Waals surface area contributed by atoms with Crippen LogP contribution in [0.2, 0.25) is 0 Å². The van der Waals surface area contributed by atoms with E-state index < -0.39 is 0 Å². The predicted molar refractivity (Wildman–Crippen MR) is 110 cm³/mol. The maximum atomic E-state index is 9.57. The summed E-state index contributed by atoms with van der Waals surface area (Å²) >= 11 is 0. The molecule has 0 bridgehead atoms. The first-order valence-electron chi connectivity index (χ1n) is 9.58. The van der Waals surface area contributed by atoms with Crippen LogP contribution in [0.5, 0.6) is 5.88 Å². The van der Waals surface area contributed by atoms with Crippen LogP contribution in [0.25, 0.3) is 16.8 Å². The van der Waals surface area contributed by atoms with Crippen molar-refractivity contribution < 1.29 is 9.84 Å². The molecular formula is C22H31N3O2. The molecular weight excluding hydrogens is 338 g/mol. The Bertz CT molecular complexity index is 829. The monoisotopic (exact) mass is 369 g/mol. The van der Waals surface area contributed by atoms with Gasteiger partial charge in [-0.1, -0.05) is 33.8 Å². The molecule has 0 aliphatic rings. The van der Waals surface area contributed by atoms with Crippen molar-refractivity contribution in [2.75, 3.05) is 13.7 Å². The number of hydrogen-bond acceptors (Lipinski definition) is 5. The number of aryl methyl sites for hydroxylation is 2. The zero-order chi connectivity index (χ0) is 20.1. The molecule has 2 rings (SSSR count). The highest BCUT2D eigenvalue weighted by atomic mass is 16.5. The molecule has 0 aliphatic heterocycles. The molecule has 0 aromatic carbocycles. The number of aliphatic hydroxyl groups is 1. The third-order valence-corrected chi connectivity index (χ3v) is 4.79. The number of pyridine rings is 1. The zero-order valence-electron chi connectivity index (χ0n) is 17.5. The lowest BCUT2D eigenvalue weighted by Crippen LogP contribution is -2.11. The standard InChI is InChI=1S/C22H31N3O2/c1-8-16(14(5)12-26)20-15(6)23-21(18(9-2)24-20)17-10-11-19(13(3)4)25-22(17)27-7/h8,10-11,13-14,26H,9,12H2,1-7H3/b16-8-/t14-/m0/s1. The molecule has 0 spiro atoms. The van der Waals surface area contributed by atoms with Gasteiger partial charge in [-0.3, -0.25) is 0 Å². The summed E-state index contributed by atoms with van der Waals surface area (Å²) in [5.74, 6) is 0.915. The third kappa shape index (κ3) is 4.35.